The molecule has 0 saturated carbocycles. The van der Waals surface area contributed by atoms with Gasteiger partial charge in [0.1, 0.15) is 0 Å². The van der Waals surface area contributed by atoms with Crippen LogP contribution in [0.1, 0.15) is 12.0 Å². The highest BCUT2D eigenvalue weighted by Crippen LogP contribution is 2.39. The summed E-state index contributed by atoms with van der Waals surface area (Å²) in [5.41, 5.74) is 0.520. The summed E-state index contributed by atoms with van der Waals surface area (Å²) in [6.07, 6.45) is -0.0782. The van der Waals surface area contributed by atoms with Crippen LogP contribution in [0.4, 0.5) is 9.59 Å². The molecule has 2 N–H and O–H groups in total. The Balaban J connectivity index is 1.50. The summed E-state index contributed by atoms with van der Waals surface area (Å²) in [7, 11) is 0. The van der Waals surface area contributed by atoms with Crippen molar-refractivity contribution in [1.82, 2.24) is 15.1 Å². The first-order chi connectivity index (χ1) is 10.0. The highest BCUT2D eigenvalue weighted by molar-refractivity contribution is 6.31. The maximum absolute atomic E-state index is 12.0. The van der Waals surface area contributed by atoms with Crippen LogP contribution in [0.15, 0.2) is 24.3 Å². The van der Waals surface area contributed by atoms with Gasteiger partial charge in [0.05, 0.1) is 5.54 Å². The zero-order valence-electron chi connectivity index (χ0n) is 11.4. The molecule has 2 heterocycles. The topological polar surface area (TPSA) is 72.9 Å². The first-order valence-electron chi connectivity index (χ1n) is 6.79. The van der Waals surface area contributed by atoms with E-state index < -0.39 is 6.09 Å². The van der Waals surface area contributed by atoms with Crippen LogP contribution in [0.3, 0.4) is 0 Å². The van der Waals surface area contributed by atoms with Crippen molar-refractivity contribution in [3.8, 4) is 0 Å². The molecule has 1 spiro atoms. The van der Waals surface area contributed by atoms with Crippen molar-refractivity contribution < 1.29 is 14.7 Å². The summed E-state index contributed by atoms with van der Waals surface area (Å²) in [5, 5.41) is 12.5. The van der Waals surface area contributed by atoms with E-state index in [4.69, 9.17) is 16.7 Å². The summed E-state index contributed by atoms with van der Waals surface area (Å²) in [6.45, 7) is 1.86. The monoisotopic (exact) mass is 309 g/mol. The maximum atomic E-state index is 12.0. The van der Waals surface area contributed by atoms with Crippen LogP contribution in [-0.2, 0) is 6.54 Å². The molecule has 7 heteroatoms. The van der Waals surface area contributed by atoms with Crippen LogP contribution in [0, 0.1) is 0 Å². The van der Waals surface area contributed by atoms with Crippen molar-refractivity contribution in [2.24, 2.45) is 0 Å². The number of halogens is 1. The van der Waals surface area contributed by atoms with Gasteiger partial charge in [-0.3, -0.25) is 4.90 Å². The van der Waals surface area contributed by atoms with Crippen LogP contribution < -0.4 is 5.32 Å². The molecule has 112 valence electrons. The molecular formula is C14H16ClN3O3. The third-order valence-electron chi connectivity index (χ3n) is 4.25. The highest BCUT2D eigenvalue weighted by Gasteiger charge is 2.56. The fourth-order valence-electron chi connectivity index (χ4n) is 2.90. The first kappa shape index (κ1) is 14.0. The van der Waals surface area contributed by atoms with Gasteiger partial charge in [0.25, 0.3) is 0 Å². The number of amides is 3. The molecule has 0 aromatic heterocycles. The third kappa shape index (κ3) is 2.40. The molecule has 6 nitrogen and oxygen atoms in total. The lowest BCUT2D eigenvalue weighted by Crippen LogP contribution is -2.78. The van der Waals surface area contributed by atoms with Gasteiger partial charge in [-0.25, -0.2) is 9.59 Å². The van der Waals surface area contributed by atoms with Gasteiger partial charge in [-0.15, -0.1) is 0 Å². The summed E-state index contributed by atoms with van der Waals surface area (Å²) < 4.78 is 0. The van der Waals surface area contributed by atoms with Crippen molar-refractivity contribution in [2.75, 3.05) is 19.6 Å². The Bertz CT molecular complexity index is 587. The predicted octanol–water partition coefficient (Wildman–Crippen LogP) is 1.99. The number of urea groups is 1. The van der Waals surface area contributed by atoms with Gasteiger partial charge in [-0.2, -0.15) is 0 Å². The minimum Gasteiger partial charge on any atom is -0.465 e. The second kappa shape index (κ2) is 5.11. The van der Waals surface area contributed by atoms with Crippen molar-refractivity contribution in [1.29, 1.82) is 0 Å². The minimum absolute atomic E-state index is 0.183. The number of nitrogens with one attached hydrogen (secondary N) is 1. The maximum Gasteiger partial charge on any atom is 0.407 e. The summed E-state index contributed by atoms with van der Waals surface area (Å²) in [4.78, 5) is 26.1. The number of carbonyl (C=O) groups is 2. The zero-order valence-corrected chi connectivity index (χ0v) is 12.1. The van der Waals surface area contributed by atoms with Crippen LogP contribution >= 0.6 is 11.6 Å². The molecule has 0 unspecified atom stereocenters. The molecule has 0 radical (unpaired) electrons. The van der Waals surface area contributed by atoms with Gasteiger partial charge < -0.3 is 15.3 Å². The summed E-state index contributed by atoms with van der Waals surface area (Å²) >= 11 is 6.03. The number of hydrogen-bond acceptors (Lipinski definition) is 2. The second-order valence-corrected chi connectivity index (χ2v) is 5.92. The Labute approximate surface area is 127 Å². The van der Waals surface area contributed by atoms with E-state index in [1.165, 1.54) is 4.90 Å². The first-order valence-corrected chi connectivity index (χ1v) is 7.16. The summed E-state index contributed by atoms with van der Waals surface area (Å²) in [6, 6.07) is 7.16. The molecule has 0 atom stereocenters. The fourth-order valence-corrected chi connectivity index (χ4v) is 3.10. The average molecular weight is 310 g/mol. The van der Waals surface area contributed by atoms with Gasteiger partial charge in [-0.05, 0) is 18.1 Å². The smallest absolute Gasteiger partial charge is 0.407 e. The predicted molar refractivity (Wildman–Crippen MR) is 77.3 cm³/mol. The fraction of sp³-hybridized carbons (Fsp3) is 0.429. The van der Waals surface area contributed by atoms with Gasteiger partial charge in [0, 0.05) is 31.2 Å². The Hall–Kier alpha value is -1.95. The van der Waals surface area contributed by atoms with Crippen molar-refractivity contribution >= 4 is 23.7 Å². The van der Waals surface area contributed by atoms with Crippen LogP contribution in [0.2, 0.25) is 5.02 Å². The van der Waals surface area contributed by atoms with E-state index in [0.29, 0.717) is 31.2 Å². The number of likely N-dealkylation sites (tertiary alicyclic amines) is 2. The van der Waals surface area contributed by atoms with E-state index in [9.17, 15) is 9.59 Å². The van der Waals surface area contributed by atoms with E-state index in [2.05, 4.69) is 5.32 Å². The van der Waals surface area contributed by atoms with E-state index in [1.807, 2.05) is 18.2 Å². The van der Waals surface area contributed by atoms with Crippen LogP contribution in [0.5, 0.6) is 0 Å². The van der Waals surface area contributed by atoms with Crippen molar-refractivity contribution in [3.63, 3.8) is 0 Å². The molecule has 2 fully saturated rings. The molecule has 21 heavy (non-hydrogen) atoms. The number of rotatable bonds is 2. The Kier molecular flexibility index (Phi) is 3.41. The molecule has 0 bridgehead atoms. The van der Waals surface area contributed by atoms with Gasteiger partial charge in [0.2, 0.25) is 0 Å². The third-order valence-corrected chi connectivity index (χ3v) is 4.62. The number of nitrogens with zero attached hydrogens (tertiary/aromatic N) is 2. The molecule has 3 rings (SSSR count). The SMILES string of the molecule is O=C(NCc1ccccc1Cl)N1CC2(CCN2C(=O)O)C1. The van der Waals surface area contributed by atoms with Crippen molar-refractivity contribution in [3.05, 3.63) is 34.9 Å². The standard InChI is InChI=1S/C14H16ClN3O3/c15-11-4-2-1-3-10(11)7-16-12(19)17-8-14(9-17)5-6-18(14)13(20)21/h1-4H,5-9H2,(H,16,19)(H,20,21). The van der Waals surface area contributed by atoms with E-state index in [1.54, 1.807) is 11.0 Å². The molecule has 3 amide bonds. The molecule has 2 aliphatic rings. The van der Waals surface area contributed by atoms with Gasteiger partial charge in [-0.1, -0.05) is 29.8 Å². The Morgan fingerprint density at radius 2 is 2.05 bits per heavy atom. The molecule has 2 saturated heterocycles. The highest BCUT2D eigenvalue weighted by atomic mass is 35.5. The molecular weight excluding hydrogens is 294 g/mol. The number of hydrogen-bond donors (Lipinski definition) is 2. The lowest BCUT2D eigenvalue weighted by atomic mass is 9.78. The molecule has 2 aliphatic heterocycles. The van der Waals surface area contributed by atoms with Crippen LogP contribution in [-0.4, -0.2) is 52.2 Å². The van der Waals surface area contributed by atoms with E-state index in [0.717, 1.165) is 12.0 Å². The quantitative estimate of drug-likeness (QED) is 0.877. The lowest BCUT2D eigenvalue weighted by molar-refractivity contribution is -0.0853. The van der Waals surface area contributed by atoms with E-state index >= 15 is 0 Å². The molecule has 1 aromatic rings. The van der Waals surface area contributed by atoms with Gasteiger partial charge >= 0.3 is 12.1 Å². The van der Waals surface area contributed by atoms with Gasteiger partial charge in [0.15, 0.2) is 0 Å². The van der Waals surface area contributed by atoms with Crippen molar-refractivity contribution in [2.45, 2.75) is 18.5 Å². The second-order valence-electron chi connectivity index (χ2n) is 5.51. The minimum atomic E-state index is -0.905. The Morgan fingerprint density at radius 3 is 2.62 bits per heavy atom. The summed E-state index contributed by atoms with van der Waals surface area (Å²) in [5.74, 6) is 0. The normalized spacial score (nSPS) is 18.9. The number of carbonyl (C=O) groups excluding carboxylic acids is 1. The largest absolute Gasteiger partial charge is 0.465 e. The Morgan fingerprint density at radius 1 is 1.33 bits per heavy atom. The molecule has 0 aliphatic carbocycles. The lowest BCUT2D eigenvalue weighted by Gasteiger charge is -2.61. The number of carboxylic acid groups (broad SMARTS) is 1. The number of benzene rings is 1. The zero-order chi connectivity index (χ0) is 15.0. The average Bonchev–Trinajstić information content (AvgIpc) is 2.34. The van der Waals surface area contributed by atoms with Crippen LogP contribution in [0.25, 0.3) is 0 Å². The molecule has 1 aromatic carbocycles. The van der Waals surface area contributed by atoms with E-state index in [-0.39, 0.29) is 11.6 Å².